The molecule has 0 fully saturated rings. The van der Waals surface area contributed by atoms with Crippen molar-refractivity contribution in [2.24, 2.45) is 5.90 Å². The molecule has 6 nitrogen and oxygen atoms in total. The van der Waals surface area contributed by atoms with E-state index in [1.54, 1.807) is 0 Å². The van der Waals surface area contributed by atoms with Crippen LogP contribution >= 0.6 is 0 Å². The van der Waals surface area contributed by atoms with E-state index in [0.29, 0.717) is 0 Å². The van der Waals surface area contributed by atoms with Crippen LogP contribution in [0, 0.1) is 0 Å². The lowest BCUT2D eigenvalue weighted by Gasteiger charge is -2.08. The lowest BCUT2D eigenvalue weighted by Crippen LogP contribution is -2.19. The van der Waals surface area contributed by atoms with Crippen molar-refractivity contribution >= 4 is 11.9 Å². The highest BCUT2D eigenvalue weighted by Gasteiger charge is 2.14. The molecular formula is C13H17NO5. The number of hydrogen-bond acceptors (Lipinski definition) is 6. The third-order valence-electron chi connectivity index (χ3n) is 2.46. The van der Waals surface area contributed by atoms with E-state index in [4.69, 9.17) is 4.74 Å². The minimum absolute atomic E-state index is 0.0336. The molecule has 1 aromatic rings. The molecule has 0 bridgehead atoms. The van der Waals surface area contributed by atoms with Crippen LogP contribution in [0.1, 0.15) is 24.8 Å². The highest BCUT2D eigenvalue weighted by atomic mass is 16.7. The summed E-state index contributed by atoms with van der Waals surface area (Å²) >= 11 is 0. The monoisotopic (exact) mass is 267 g/mol. The molecule has 0 radical (unpaired) electrons. The second-order valence-electron chi connectivity index (χ2n) is 4.03. The van der Waals surface area contributed by atoms with Crippen LogP contribution in [0.4, 0.5) is 0 Å². The van der Waals surface area contributed by atoms with Crippen molar-refractivity contribution in [1.82, 2.24) is 0 Å². The standard InChI is InChI=1S/C13H17NO5/c14-19-13(17)8-11(15)6-7-12(16)18-9-10-4-2-1-3-5-10/h1-5,11,15H,6-9,14H2/t11-/m1/s1. The Morgan fingerprint density at radius 3 is 2.53 bits per heavy atom. The Morgan fingerprint density at radius 1 is 1.21 bits per heavy atom. The van der Waals surface area contributed by atoms with Gasteiger partial charge in [-0.25, -0.2) is 0 Å². The van der Waals surface area contributed by atoms with Gasteiger partial charge in [-0.05, 0) is 12.0 Å². The summed E-state index contributed by atoms with van der Waals surface area (Å²) < 4.78 is 5.02. The van der Waals surface area contributed by atoms with Gasteiger partial charge in [-0.2, -0.15) is 5.90 Å². The Hall–Kier alpha value is -1.92. The number of aliphatic hydroxyl groups is 1. The topological polar surface area (TPSA) is 98.9 Å². The first-order chi connectivity index (χ1) is 9.11. The fraction of sp³-hybridized carbons (Fsp3) is 0.385. The second kappa shape index (κ2) is 8.23. The van der Waals surface area contributed by atoms with E-state index in [2.05, 4.69) is 10.7 Å². The quantitative estimate of drug-likeness (QED) is 0.556. The molecule has 3 N–H and O–H groups in total. The van der Waals surface area contributed by atoms with Crippen LogP contribution in [-0.2, 0) is 25.8 Å². The average molecular weight is 267 g/mol. The van der Waals surface area contributed by atoms with E-state index in [1.807, 2.05) is 30.3 Å². The Morgan fingerprint density at radius 2 is 1.89 bits per heavy atom. The van der Waals surface area contributed by atoms with Gasteiger partial charge >= 0.3 is 11.9 Å². The van der Waals surface area contributed by atoms with Crippen LogP contribution in [0.5, 0.6) is 0 Å². The predicted octanol–water partition coefficient (Wildman–Crippen LogP) is 0.678. The fourth-order valence-corrected chi connectivity index (χ4v) is 1.44. The molecule has 0 amide bonds. The largest absolute Gasteiger partial charge is 0.461 e. The van der Waals surface area contributed by atoms with E-state index in [1.165, 1.54) is 0 Å². The van der Waals surface area contributed by atoms with Gasteiger partial charge in [-0.3, -0.25) is 9.59 Å². The number of rotatable bonds is 7. The minimum atomic E-state index is -0.958. The van der Waals surface area contributed by atoms with Gasteiger partial charge in [0.2, 0.25) is 0 Å². The zero-order valence-corrected chi connectivity index (χ0v) is 10.5. The molecule has 0 aliphatic rings. The number of hydrogen-bond donors (Lipinski definition) is 2. The average Bonchev–Trinajstić information content (AvgIpc) is 2.43. The number of carbonyl (C=O) groups excluding carboxylic acids is 2. The van der Waals surface area contributed by atoms with Crippen molar-refractivity contribution in [3.8, 4) is 0 Å². The third-order valence-corrected chi connectivity index (χ3v) is 2.46. The summed E-state index contributed by atoms with van der Waals surface area (Å²) in [6.45, 7) is 0.195. The van der Waals surface area contributed by atoms with Gasteiger partial charge in [0.15, 0.2) is 0 Å². The minimum Gasteiger partial charge on any atom is -0.461 e. The SMILES string of the molecule is NOC(=O)C[C@H](O)CCC(=O)OCc1ccccc1. The maximum atomic E-state index is 11.4. The summed E-state index contributed by atoms with van der Waals surface area (Å²) in [6.07, 6.45) is -1.03. The Bertz CT molecular complexity index is 407. The molecule has 104 valence electrons. The summed E-state index contributed by atoms with van der Waals surface area (Å²) in [5, 5.41) is 9.42. The van der Waals surface area contributed by atoms with Crippen molar-refractivity contribution in [3.05, 3.63) is 35.9 Å². The molecule has 1 atom stereocenters. The van der Waals surface area contributed by atoms with Gasteiger partial charge < -0.3 is 14.7 Å². The maximum absolute atomic E-state index is 11.4. The lowest BCUT2D eigenvalue weighted by atomic mass is 10.1. The van der Waals surface area contributed by atoms with Gasteiger partial charge in [0.25, 0.3) is 0 Å². The van der Waals surface area contributed by atoms with Crippen LogP contribution in [0.15, 0.2) is 30.3 Å². The molecule has 1 rings (SSSR count). The Kier molecular flexibility index (Phi) is 6.56. The Labute approximate surface area is 111 Å². The highest BCUT2D eigenvalue weighted by molar-refractivity contribution is 5.71. The van der Waals surface area contributed by atoms with Gasteiger partial charge in [-0.15, -0.1) is 0 Å². The first-order valence-corrected chi connectivity index (χ1v) is 5.89. The number of aliphatic hydroxyl groups excluding tert-OH is 1. The lowest BCUT2D eigenvalue weighted by molar-refractivity contribution is -0.149. The summed E-state index contributed by atoms with van der Waals surface area (Å²) in [7, 11) is 0. The fourth-order valence-electron chi connectivity index (χ4n) is 1.44. The number of carbonyl (C=O) groups is 2. The molecule has 0 spiro atoms. The van der Waals surface area contributed by atoms with Crippen LogP contribution < -0.4 is 5.90 Å². The predicted molar refractivity (Wildman–Crippen MR) is 66.4 cm³/mol. The van der Waals surface area contributed by atoms with Crippen LogP contribution in [0.2, 0.25) is 0 Å². The maximum Gasteiger partial charge on any atom is 0.327 e. The smallest absolute Gasteiger partial charge is 0.327 e. The van der Waals surface area contributed by atoms with E-state index in [9.17, 15) is 14.7 Å². The summed E-state index contributed by atoms with van der Waals surface area (Å²) in [5.74, 6) is 3.49. The van der Waals surface area contributed by atoms with Crippen LogP contribution in [0.25, 0.3) is 0 Å². The molecule has 19 heavy (non-hydrogen) atoms. The normalized spacial score (nSPS) is 11.7. The number of benzene rings is 1. The van der Waals surface area contributed by atoms with Crippen molar-refractivity contribution in [2.45, 2.75) is 32.0 Å². The van der Waals surface area contributed by atoms with Crippen molar-refractivity contribution < 1.29 is 24.3 Å². The molecule has 0 heterocycles. The van der Waals surface area contributed by atoms with Crippen LogP contribution in [-0.4, -0.2) is 23.1 Å². The number of nitrogens with two attached hydrogens (primary N) is 1. The first kappa shape index (κ1) is 15.1. The summed E-state index contributed by atoms with van der Waals surface area (Å²) in [5.41, 5.74) is 0.892. The van der Waals surface area contributed by atoms with Crippen molar-refractivity contribution in [2.75, 3.05) is 0 Å². The Balaban J connectivity index is 2.19. The molecule has 0 aliphatic heterocycles. The third kappa shape index (κ3) is 6.54. The van der Waals surface area contributed by atoms with E-state index in [-0.39, 0.29) is 25.9 Å². The van der Waals surface area contributed by atoms with E-state index in [0.717, 1.165) is 5.56 Å². The second-order valence-corrected chi connectivity index (χ2v) is 4.03. The number of ether oxygens (including phenoxy) is 1. The van der Waals surface area contributed by atoms with Crippen LogP contribution in [0.3, 0.4) is 0 Å². The zero-order chi connectivity index (χ0) is 14.1. The molecule has 1 aromatic carbocycles. The highest BCUT2D eigenvalue weighted by Crippen LogP contribution is 2.06. The molecule has 0 aromatic heterocycles. The van der Waals surface area contributed by atoms with Gasteiger partial charge in [-0.1, -0.05) is 30.3 Å². The van der Waals surface area contributed by atoms with Crippen molar-refractivity contribution in [3.63, 3.8) is 0 Å². The van der Waals surface area contributed by atoms with Gasteiger partial charge in [0.1, 0.15) is 6.61 Å². The summed E-state index contributed by atoms with van der Waals surface area (Å²) in [4.78, 5) is 26.1. The molecular weight excluding hydrogens is 250 g/mol. The van der Waals surface area contributed by atoms with Gasteiger partial charge in [0, 0.05) is 6.42 Å². The van der Waals surface area contributed by atoms with E-state index < -0.39 is 18.0 Å². The first-order valence-electron chi connectivity index (χ1n) is 5.89. The van der Waals surface area contributed by atoms with E-state index >= 15 is 0 Å². The molecule has 0 saturated heterocycles. The molecule has 0 unspecified atom stereocenters. The van der Waals surface area contributed by atoms with Crippen molar-refractivity contribution in [1.29, 1.82) is 0 Å². The number of esters is 1. The van der Waals surface area contributed by atoms with Gasteiger partial charge in [0.05, 0.1) is 12.5 Å². The molecule has 6 heteroatoms. The molecule has 0 saturated carbocycles. The zero-order valence-electron chi connectivity index (χ0n) is 10.5. The summed E-state index contributed by atoms with van der Waals surface area (Å²) in [6, 6.07) is 9.27. The molecule has 0 aliphatic carbocycles.